The zero-order valence-electron chi connectivity index (χ0n) is 17.8. The summed E-state index contributed by atoms with van der Waals surface area (Å²) in [6.45, 7) is 6.57. The smallest absolute Gasteiger partial charge is 0.237 e. The number of pyridine rings is 1. The Morgan fingerprint density at radius 3 is 2.50 bits per heavy atom. The maximum Gasteiger partial charge on any atom is 0.237 e. The third kappa shape index (κ3) is 4.95. The topological polar surface area (TPSA) is 45.2 Å². The molecule has 30 heavy (non-hydrogen) atoms. The van der Waals surface area contributed by atoms with E-state index in [2.05, 4.69) is 71.5 Å². The molecule has 0 aliphatic carbocycles. The molecule has 1 unspecified atom stereocenters. The number of rotatable bonds is 6. The lowest BCUT2D eigenvalue weighted by molar-refractivity contribution is -0.125. The first-order valence-electron chi connectivity index (χ1n) is 10.7. The van der Waals surface area contributed by atoms with Gasteiger partial charge in [0.25, 0.3) is 0 Å². The Hall–Kier alpha value is -2.98. The van der Waals surface area contributed by atoms with Gasteiger partial charge in [-0.2, -0.15) is 0 Å². The minimum absolute atomic E-state index is 0.0548. The average Bonchev–Trinajstić information content (AvgIpc) is 3.21. The number of benzene rings is 2. The van der Waals surface area contributed by atoms with Crippen LogP contribution in [0.4, 0.5) is 0 Å². The lowest BCUT2D eigenvalue weighted by Crippen LogP contribution is -2.42. The molecule has 1 aliphatic rings. The molecule has 3 aromatic rings. The van der Waals surface area contributed by atoms with E-state index in [0.717, 1.165) is 31.5 Å². The molecule has 0 spiro atoms. The molecule has 0 radical (unpaired) electrons. The highest BCUT2D eigenvalue weighted by Gasteiger charge is 2.30. The maximum absolute atomic E-state index is 12.7. The Labute approximate surface area is 179 Å². The van der Waals surface area contributed by atoms with Gasteiger partial charge in [-0.25, -0.2) is 0 Å². The van der Waals surface area contributed by atoms with Gasteiger partial charge >= 0.3 is 0 Å². The lowest BCUT2D eigenvalue weighted by atomic mass is 9.99. The number of carbonyl (C=O) groups excluding carboxylic acids is 1. The number of aromatic nitrogens is 1. The number of hydrogen-bond donors (Lipinski definition) is 1. The molecule has 2 heterocycles. The van der Waals surface area contributed by atoms with Crippen LogP contribution in [0.25, 0.3) is 11.1 Å². The summed E-state index contributed by atoms with van der Waals surface area (Å²) in [6.07, 6.45) is 5.52. The fourth-order valence-electron chi connectivity index (χ4n) is 4.30. The zero-order valence-corrected chi connectivity index (χ0v) is 17.8. The summed E-state index contributed by atoms with van der Waals surface area (Å²) in [7, 11) is 0. The van der Waals surface area contributed by atoms with Crippen molar-refractivity contribution in [1.82, 2.24) is 15.2 Å². The molecule has 1 fully saturated rings. The van der Waals surface area contributed by atoms with Gasteiger partial charge in [0.1, 0.15) is 0 Å². The minimum atomic E-state index is -0.0548. The quantitative estimate of drug-likeness (QED) is 0.656. The van der Waals surface area contributed by atoms with E-state index in [1.807, 2.05) is 12.1 Å². The van der Waals surface area contributed by atoms with Gasteiger partial charge in [0.05, 0.1) is 6.04 Å². The maximum atomic E-state index is 12.7. The second-order valence-corrected chi connectivity index (χ2v) is 8.28. The number of likely N-dealkylation sites (tertiary alicyclic amines) is 1. The van der Waals surface area contributed by atoms with Crippen molar-refractivity contribution in [2.75, 3.05) is 6.54 Å². The standard InChI is InChI=1S/C26H29N3O/c1-19-13-20(2)15-24(14-19)23-9-7-21(8-10-23)18-29-12-4-6-25(29)26(30)28-17-22-5-3-11-27-16-22/h3,5,7-11,13-16,25H,4,6,12,17-18H2,1-2H3,(H,28,30). The Bertz CT molecular complexity index is 978. The largest absolute Gasteiger partial charge is 0.351 e. The molecule has 1 N–H and O–H groups in total. The predicted molar refractivity (Wildman–Crippen MR) is 121 cm³/mol. The van der Waals surface area contributed by atoms with Gasteiger partial charge in [-0.05, 0) is 61.6 Å². The first kappa shape index (κ1) is 20.3. The van der Waals surface area contributed by atoms with Crippen LogP contribution in [-0.4, -0.2) is 28.4 Å². The fourth-order valence-corrected chi connectivity index (χ4v) is 4.30. The average molecular weight is 400 g/mol. The van der Waals surface area contributed by atoms with Gasteiger partial charge < -0.3 is 5.32 Å². The fraction of sp³-hybridized carbons (Fsp3) is 0.308. The summed E-state index contributed by atoms with van der Waals surface area (Å²) < 4.78 is 0. The van der Waals surface area contributed by atoms with Crippen molar-refractivity contribution < 1.29 is 4.79 Å². The van der Waals surface area contributed by atoms with Crippen LogP contribution in [0, 0.1) is 13.8 Å². The van der Waals surface area contributed by atoms with Gasteiger partial charge in [-0.15, -0.1) is 0 Å². The van der Waals surface area contributed by atoms with Crippen molar-refractivity contribution in [2.45, 2.75) is 45.8 Å². The molecule has 4 rings (SSSR count). The highest BCUT2D eigenvalue weighted by molar-refractivity contribution is 5.82. The Morgan fingerprint density at radius 2 is 1.80 bits per heavy atom. The van der Waals surface area contributed by atoms with E-state index in [1.54, 1.807) is 12.4 Å². The SMILES string of the molecule is Cc1cc(C)cc(-c2ccc(CN3CCCC3C(=O)NCc3cccnc3)cc2)c1. The van der Waals surface area contributed by atoms with Crippen LogP contribution in [0.5, 0.6) is 0 Å². The monoisotopic (exact) mass is 399 g/mol. The molecule has 1 aliphatic heterocycles. The van der Waals surface area contributed by atoms with E-state index in [4.69, 9.17) is 0 Å². The van der Waals surface area contributed by atoms with Crippen molar-refractivity contribution in [3.05, 3.63) is 89.2 Å². The lowest BCUT2D eigenvalue weighted by Gasteiger charge is -2.24. The Morgan fingerprint density at radius 1 is 1.03 bits per heavy atom. The summed E-state index contributed by atoms with van der Waals surface area (Å²) >= 11 is 0. The summed E-state index contributed by atoms with van der Waals surface area (Å²) in [5, 5.41) is 3.08. The van der Waals surface area contributed by atoms with Crippen LogP contribution >= 0.6 is 0 Å². The first-order chi connectivity index (χ1) is 14.6. The van der Waals surface area contributed by atoms with Crippen molar-refractivity contribution in [1.29, 1.82) is 0 Å². The molecule has 1 saturated heterocycles. The summed E-state index contributed by atoms with van der Waals surface area (Å²) in [6, 6.07) is 19.2. The molecule has 4 heteroatoms. The number of aryl methyl sites for hydroxylation is 2. The van der Waals surface area contributed by atoms with E-state index >= 15 is 0 Å². The molecule has 4 nitrogen and oxygen atoms in total. The van der Waals surface area contributed by atoms with E-state index in [-0.39, 0.29) is 11.9 Å². The normalized spacial score (nSPS) is 16.5. The molecule has 2 aromatic carbocycles. The van der Waals surface area contributed by atoms with Gasteiger partial charge in [-0.1, -0.05) is 59.7 Å². The molecule has 1 aromatic heterocycles. The Kier molecular flexibility index (Phi) is 6.24. The zero-order chi connectivity index (χ0) is 20.9. The third-order valence-electron chi connectivity index (χ3n) is 5.75. The van der Waals surface area contributed by atoms with Crippen molar-refractivity contribution in [3.8, 4) is 11.1 Å². The van der Waals surface area contributed by atoms with Gasteiger partial charge in [0.15, 0.2) is 0 Å². The number of carbonyl (C=O) groups is 1. The van der Waals surface area contributed by atoms with Crippen LogP contribution in [-0.2, 0) is 17.9 Å². The summed E-state index contributed by atoms with van der Waals surface area (Å²) in [5.74, 6) is 0.114. The number of hydrogen-bond acceptors (Lipinski definition) is 3. The van der Waals surface area contributed by atoms with Crippen molar-refractivity contribution >= 4 is 5.91 Å². The number of amides is 1. The molecule has 1 amide bonds. The highest BCUT2D eigenvalue weighted by Crippen LogP contribution is 2.25. The van der Waals surface area contributed by atoms with Crippen LogP contribution in [0.15, 0.2) is 67.0 Å². The second-order valence-electron chi connectivity index (χ2n) is 8.28. The second kappa shape index (κ2) is 9.23. The van der Waals surface area contributed by atoms with Crippen LogP contribution < -0.4 is 5.32 Å². The van der Waals surface area contributed by atoms with E-state index in [9.17, 15) is 4.79 Å². The highest BCUT2D eigenvalue weighted by atomic mass is 16.2. The van der Waals surface area contributed by atoms with Gasteiger partial charge in [0.2, 0.25) is 5.91 Å². The molecule has 154 valence electrons. The van der Waals surface area contributed by atoms with Crippen LogP contribution in [0.1, 0.15) is 35.1 Å². The van der Waals surface area contributed by atoms with Crippen molar-refractivity contribution in [3.63, 3.8) is 0 Å². The molecular formula is C26H29N3O. The minimum Gasteiger partial charge on any atom is -0.351 e. The van der Waals surface area contributed by atoms with Gasteiger partial charge in [0, 0.05) is 25.5 Å². The first-order valence-corrected chi connectivity index (χ1v) is 10.7. The van der Waals surface area contributed by atoms with E-state index < -0.39 is 0 Å². The van der Waals surface area contributed by atoms with Gasteiger partial charge in [-0.3, -0.25) is 14.7 Å². The summed E-state index contributed by atoms with van der Waals surface area (Å²) in [4.78, 5) is 19.2. The van der Waals surface area contributed by atoms with E-state index in [1.165, 1.54) is 27.8 Å². The van der Waals surface area contributed by atoms with E-state index in [0.29, 0.717) is 6.54 Å². The molecular weight excluding hydrogens is 370 g/mol. The molecule has 1 atom stereocenters. The van der Waals surface area contributed by atoms with Crippen molar-refractivity contribution in [2.24, 2.45) is 0 Å². The number of nitrogens with one attached hydrogen (secondary N) is 1. The number of nitrogens with zero attached hydrogens (tertiary/aromatic N) is 2. The van der Waals surface area contributed by atoms with Crippen LogP contribution in [0.3, 0.4) is 0 Å². The molecule has 0 saturated carbocycles. The molecule has 0 bridgehead atoms. The predicted octanol–water partition coefficient (Wildman–Crippen LogP) is 4.65. The summed E-state index contributed by atoms with van der Waals surface area (Å²) in [5.41, 5.74) is 7.33. The third-order valence-corrected chi connectivity index (χ3v) is 5.75. The Balaban J connectivity index is 1.38. The van der Waals surface area contributed by atoms with Crippen LogP contribution in [0.2, 0.25) is 0 Å².